The molecule has 0 saturated carbocycles. The van der Waals surface area contributed by atoms with Gasteiger partial charge >= 0.3 is 0 Å². The fourth-order valence-electron chi connectivity index (χ4n) is 1.88. The molecule has 1 aromatic carbocycles. The molecule has 0 saturated heterocycles. The quantitative estimate of drug-likeness (QED) is 0.470. The summed E-state index contributed by atoms with van der Waals surface area (Å²) < 4.78 is 0. The lowest BCUT2D eigenvalue weighted by Gasteiger charge is -2.03. The number of rotatable bonds is 3. The number of benzene rings is 1. The van der Waals surface area contributed by atoms with Crippen molar-refractivity contribution in [3.63, 3.8) is 0 Å². The van der Waals surface area contributed by atoms with Crippen LogP contribution in [0, 0.1) is 12.3 Å². The fraction of sp³-hybridized carbons (Fsp3) is 0.231. The highest BCUT2D eigenvalue weighted by Gasteiger charge is 2.28. The number of fused-ring (bicyclic) bond motifs is 1. The zero-order valence-corrected chi connectivity index (χ0v) is 8.75. The average Bonchev–Trinajstić information content (AvgIpc) is 2.56. The summed E-state index contributed by atoms with van der Waals surface area (Å²) in [5, 5.41) is 2.29. The Morgan fingerprint density at radius 1 is 1.25 bits per heavy atom. The van der Waals surface area contributed by atoms with Gasteiger partial charge in [0.1, 0.15) is 0 Å². The van der Waals surface area contributed by atoms with E-state index in [0.717, 1.165) is 18.4 Å². The summed E-state index contributed by atoms with van der Waals surface area (Å²) in [7, 11) is 0. The second-order valence-corrected chi connectivity index (χ2v) is 3.68. The van der Waals surface area contributed by atoms with Gasteiger partial charge in [0.05, 0.1) is 11.1 Å². The Kier molecular flexibility index (Phi) is 2.74. The molecule has 1 heterocycles. The van der Waals surface area contributed by atoms with Crippen molar-refractivity contribution in [2.45, 2.75) is 19.3 Å². The van der Waals surface area contributed by atoms with Crippen LogP contribution in [0.5, 0.6) is 0 Å². The molecule has 0 aromatic heterocycles. The van der Waals surface area contributed by atoms with E-state index in [4.69, 9.17) is 6.42 Å². The van der Waals surface area contributed by atoms with Gasteiger partial charge in [-0.25, -0.2) is 0 Å². The van der Waals surface area contributed by atoms with Crippen molar-refractivity contribution >= 4 is 11.8 Å². The van der Waals surface area contributed by atoms with E-state index in [1.807, 2.05) is 6.07 Å². The molecule has 2 amide bonds. The summed E-state index contributed by atoms with van der Waals surface area (Å²) in [6.07, 6.45) is 7.41. The highest BCUT2D eigenvalue weighted by molar-refractivity contribution is 6.22. The van der Waals surface area contributed by atoms with Crippen LogP contribution in [0.15, 0.2) is 18.2 Å². The number of nitrogens with one attached hydrogen (secondary N) is 1. The molecule has 0 fully saturated rings. The maximum Gasteiger partial charge on any atom is 0.259 e. The number of aryl methyl sites for hydroxylation is 1. The molecule has 1 aliphatic rings. The molecule has 1 N–H and O–H groups in total. The molecule has 3 nitrogen and oxygen atoms in total. The smallest absolute Gasteiger partial charge is 0.259 e. The topological polar surface area (TPSA) is 46.2 Å². The van der Waals surface area contributed by atoms with Gasteiger partial charge < -0.3 is 0 Å². The van der Waals surface area contributed by atoms with Crippen LogP contribution in [-0.4, -0.2) is 11.8 Å². The Hall–Kier alpha value is -2.08. The van der Waals surface area contributed by atoms with E-state index in [9.17, 15) is 9.59 Å². The lowest BCUT2D eigenvalue weighted by molar-refractivity contribution is 0.0879. The summed E-state index contributed by atoms with van der Waals surface area (Å²) in [6, 6.07) is 5.33. The van der Waals surface area contributed by atoms with Gasteiger partial charge in [0.15, 0.2) is 0 Å². The Balaban J connectivity index is 2.31. The van der Waals surface area contributed by atoms with Crippen LogP contribution in [0.4, 0.5) is 0 Å². The maximum atomic E-state index is 11.6. The molecule has 0 bridgehead atoms. The van der Waals surface area contributed by atoms with Crippen molar-refractivity contribution in [3.8, 4) is 12.3 Å². The molecule has 16 heavy (non-hydrogen) atoms. The molecule has 0 atom stereocenters. The van der Waals surface area contributed by atoms with E-state index in [0.29, 0.717) is 17.5 Å². The molecule has 0 unspecified atom stereocenters. The van der Waals surface area contributed by atoms with Gasteiger partial charge in [0, 0.05) is 6.42 Å². The van der Waals surface area contributed by atoms with Gasteiger partial charge in [-0.2, -0.15) is 0 Å². The van der Waals surface area contributed by atoms with E-state index < -0.39 is 0 Å². The summed E-state index contributed by atoms with van der Waals surface area (Å²) in [4.78, 5) is 23.0. The number of terminal acetylenes is 1. The highest BCUT2D eigenvalue weighted by Crippen LogP contribution is 2.21. The van der Waals surface area contributed by atoms with Gasteiger partial charge in [-0.1, -0.05) is 12.1 Å². The van der Waals surface area contributed by atoms with E-state index in [1.165, 1.54) is 0 Å². The molecular weight excluding hydrogens is 202 g/mol. The Bertz CT molecular complexity index is 497. The SMILES string of the molecule is C#CCCCc1cccc2c1C(=O)NC2=O. The average molecular weight is 213 g/mol. The summed E-state index contributed by atoms with van der Waals surface area (Å²) in [5.41, 5.74) is 1.89. The number of amides is 2. The number of hydrogen-bond acceptors (Lipinski definition) is 2. The normalized spacial score (nSPS) is 13.2. The van der Waals surface area contributed by atoms with Gasteiger partial charge in [0.25, 0.3) is 11.8 Å². The summed E-state index contributed by atoms with van der Waals surface area (Å²) in [5.74, 6) is 1.96. The Morgan fingerprint density at radius 2 is 2.06 bits per heavy atom. The van der Waals surface area contributed by atoms with Crippen molar-refractivity contribution in [2.24, 2.45) is 0 Å². The minimum absolute atomic E-state index is 0.295. The predicted octanol–water partition coefficient (Wildman–Crippen LogP) is 1.53. The van der Waals surface area contributed by atoms with E-state index in [2.05, 4.69) is 11.2 Å². The molecule has 1 aromatic rings. The van der Waals surface area contributed by atoms with Gasteiger partial charge in [-0.05, 0) is 24.5 Å². The van der Waals surface area contributed by atoms with Crippen molar-refractivity contribution in [1.82, 2.24) is 5.32 Å². The lowest BCUT2D eigenvalue weighted by atomic mass is 9.98. The third-order valence-corrected chi connectivity index (χ3v) is 2.62. The van der Waals surface area contributed by atoms with Crippen LogP contribution >= 0.6 is 0 Å². The van der Waals surface area contributed by atoms with Crippen LogP contribution in [0.2, 0.25) is 0 Å². The Labute approximate surface area is 93.9 Å². The number of carbonyl (C=O) groups is 2. The monoisotopic (exact) mass is 213 g/mol. The zero-order chi connectivity index (χ0) is 11.5. The first-order valence-corrected chi connectivity index (χ1v) is 5.15. The van der Waals surface area contributed by atoms with E-state index in [1.54, 1.807) is 12.1 Å². The minimum Gasteiger partial charge on any atom is -0.288 e. The van der Waals surface area contributed by atoms with E-state index in [-0.39, 0.29) is 11.8 Å². The van der Waals surface area contributed by atoms with Crippen LogP contribution in [0.1, 0.15) is 39.1 Å². The van der Waals surface area contributed by atoms with Gasteiger partial charge in [-0.3, -0.25) is 14.9 Å². The largest absolute Gasteiger partial charge is 0.288 e. The fourth-order valence-corrected chi connectivity index (χ4v) is 1.88. The predicted molar refractivity (Wildman–Crippen MR) is 60.0 cm³/mol. The second-order valence-electron chi connectivity index (χ2n) is 3.68. The minimum atomic E-state index is -0.307. The first-order valence-electron chi connectivity index (χ1n) is 5.15. The van der Waals surface area contributed by atoms with Crippen LogP contribution in [-0.2, 0) is 6.42 Å². The standard InChI is InChI=1S/C13H11NO2/c1-2-3-4-6-9-7-5-8-10-11(9)13(16)14-12(10)15/h1,5,7-8H,3-4,6H2,(H,14,15,16). The van der Waals surface area contributed by atoms with Gasteiger partial charge in [-0.15, -0.1) is 12.3 Å². The van der Waals surface area contributed by atoms with Crippen LogP contribution in [0.25, 0.3) is 0 Å². The molecule has 0 aliphatic carbocycles. The maximum absolute atomic E-state index is 11.6. The summed E-state index contributed by atoms with van der Waals surface area (Å²) in [6.45, 7) is 0. The number of carbonyl (C=O) groups excluding carboxylic acids is 2. The van der Waals surface area contributed by atoms with Crippen molar-refractivity contribution < 1.29 is 9.59 Å². The first kappa shape index (κ1) is 10.4. The number of hydrogen-bond donors (Lipinski definition) is 1. The molecule has 2 rings (SSSR count). The lowest BCUT2D eigenvalue weighted by Crippen LogP contribution is -2.20. The molecular formula is C13H11NO2. The molecule has 3 heteroatoms. The summed E-state index contributed by atoms with van der Waals surface area (Å²) >= 11 is 0. The van der Waals surface area contributed by atoms with Crippen LogP contribution < -0.4 is 5.32 Å². The third kappa shape index (κ3) is 1.70. The van der Waals surface area contributed by atoms with Crippen LogP contribution in [0.3, 0.4) is 0 Å². The number of unbranched alkanes of at least 4 members (excludes halogenated alkanes) is 1. The molecule has 80 valence electrons. The Morgan fingerprint density at radius 3 is 2.81 bits per heavy atom. The second kappa shape index (κ2) is 4.19. The third-order valence-electron chi connectivity index (χ3n) is 2.62. The van der Waals surface area contributed by atoms with Crippen molar-refractivity contribution in [1.29, 1.82) is 0 Å². The highest BCUT2D eigenvalue weighted by atomic mass is 16.2. The first-order chi connectivity index (χ1) is 7.74. The van der Waals surface area contributed by atoms with Crippen molar-refractivity contribution in [2.75, 3.05) is 0 Å². The van der Waals surface area contributed by atoms with E-state index >= 15 is 0 Å². The van der Waals surface area contributed by atoms with Gasteiger partial charge in [0.2, 0.25) is 0 Å². The van der Waals surface area contributed by atoms with Crippen molar-refractivity contribution in [3.05, 3.63) is 34.9 Å². The zero-order valence-electron chi connectivity index (χ0n) is 8.75. The number of imide groups is 1. The molecule has 0 radical (unpaired) electrons. The molecule has 0 spiro atoms. The molecule has 1 aliphatic heterocycles.